The number of halogens is 3. The van der Waals surface area contributed by atoms with Crippen LogP contribution in [-0.4, -0.2) is 30.6 Å². The van der Waals surface area contributed by atoms with Crippen LogP contribution in [0.2, 0.25) is 0 Å². The van der Waals surface area contributed by atoms with Crippen LogP contribution in [0.3, 0.4) is 0 Å². The molecule has 0 bridgehead atoms. The smallest absolute Gasteiger partial charge is 0.356 e. The Morgan fingerprint density at radius 1 is 1.53 bits per heavy atom. The third-order valence-electron chi connectivity index (χ3n) is 2.62. The molecule has 1 aliphatic carbocycles. The Morgan fingerprint density at radius 3 is 2.79 bits per heavy atom. The summed E-state index contributed by atoms with van der Waals surface area (Å²) in [4.78, 5) is 7.61. The summed E-state index contributed by atoms with van der Waals surface area (Å²) in [6.07, 6.45) is -1.62. The molecule has 0 aromatic carbocycles. The van der Waals surface area contributed by atoms with E-state index in [0.717, 1.165) is 29.6 Å². The molecule has 0 aliphatic heterocycles. The molecule has 1 heterocycles. The van der Waals surface area contributed by atoms with Crippen LogP contribution < -0.4 is 10.6 Å². The topological polar surface area (TPSA) is 49.3 Å². The molecule has 0 saturated heterocycles. The SMILES string of the molecule is CN=C(NCCc1nc(C(F)(F)F)cs1)NC1CC1. The first-order valence-electron chi connectivity index (χ1n) is 5.98. The molecule has 19 heavy (non-hydrogen) atoms. The number of aliphatic imine (C=N–C) groups is 1. The summed E-state index contributed by atoms with van der Waals surface area (Å²) in [6.45, 7) is 0.511. The van der Waals surface area contributed by atoms with Crippen molar-refractivity contribution in [1.29, 1.82) is 0 Å². The first kappa shape index (κ1) is 14.1. The fourth-order valence-corrected chi connectivity index (χ4v) is 2.26. The van der Waals surface area contributed by atoms with Gasteiger partial charge in [0.05, 0.1) is 5.01 Å². The maximum atomic E-state index is 12.4. The van der Waals surface area contributed by atoms with Crippen LogP contribution in [0, 0.1) is 0 Å². The molecule has 1 aliphatic rings. The van der Waals surface area contributed by atoms with Gasteiger partial charge in [0.15, 0.2) is 11.7 Å². The summed E-state index contributed by atoms with van der Waals surface area (Å²) in [7, 11) is 1.67. The van der Waals surface area contributed by atoms with Gasteiger partial charge < -0.3 is 10.6 Å². The highest BCUT2D eigenvalue weighted by molar-refractivity contribution is 7.09. The minimum atomic E-state index is -4.36. The maximum Gasteiger partial charge on any atom is 0.434 e. The average Bonchev–Trinajstić information content (AvgIpc) is 3.01. The Balaban J connectivity index is 1.77. The third kappa shape index (κ3) is 4.38. The second-order valence-electron chi connectivity index (χ2n) is 4.29. The molecule has 1 saturated carbocycles. The molecular weight excluding hydrogens is 277 g/mol. The number of aromatic nitrogens is 1. The minimum absolute atomic E-state index is 0.451. The zero-order valence-corrected chi connectivity index (χ0v) is 11.2. The van der Waals surface area contributed by atoms with Crippen molar-refractivity contribution in [2.45, 2.75) is 31.5 Å². The lowest BCUT2D eigenvalue weighted by Crippen LogP contribution is -2.39. The largest absolute Gasteiger partial charge is 0.434 e. The van der Waals surface area contributed by atoms with Gasteiger partial charge in [-0.25, -0.2) is 4.98 Å². The Bertz CT molecular complexity index is 451. The van der Waals surface area contributed by atoms with Crippen molar-refractivity contribution in [1.82, 2.24) is 15.6 Å². The molecule has 2 rings (SSSR count). The van der Waals surface area contributed by atoms with Gasteiger partial charge in [-0.05, 0) is 12.8 Å². The lowest BCUT2D eigenvalue weighted by Gasteiger charge is -2.09. The number of hydrogen-bond donors (Lipinski definition) is 2. The van der Waals surface area contributed by atoms with E-state index in [-0.39, 0.29) is 0 Å². The van der Waals surface area contributed by atoms with Crippen molar-refractivity contribution in [3.8, 4) is 0 Å². The van der Waals surface area contributed by atoms with Gasteiger partial charge in [-0.3, -0.25) is 4.99 Å². The van der Waals surface area contributed by atoms with E-state index in [1.807, 2.05) is 0 Å². The van der Waals surface area contributed by atoms with Gasteiger partial charge in [0, 0.05) is 31.4 Å². The fourth-order valence-electron chi connectivity index (χ4n) is 1.46. The molecule has 106 valence electrons. The summed E-state index contributed by atoms with van der Waals surface area (Å²) in [6, 6.07) is 0.489. The second kappa shape index (κ2) is 5.77. The summed E-state index contributed by atoms with van der Waals surface area (Å²) in [5.74, 6) is 0.690. The van der Waals surface area contributed by atoms with E-state index in [1.165, 1.54) is 0 Å². The number of nitrogens with one attached hydrogen (secondary N) is 2. The van der Waals surface area contributed by atoms with Crippen LogP contribution in [0.1, 0.15) is 23.5 Å². The number of hydrogen-bond acceptors (Lipinski definition) is 3. The van der Waals surface area contributed by atoms with Crippen molar-refractivity contribution in [2.24, 2.45) is 4.99 Å². The summed E-state index contributed by atoms with van der Waals surface area (Å²) >= 11 is 1.03. The van der Waals surface area contributed by atoms with Crippen molar-refractivity contribution >= 4 is 17.3 Å². The number of guanidine groups is 1. The Kier molecular flexibility index (Phi) is 4.28. The van der Waals surface area contributed by atoms with Crippen LogP contribution >= 0.6 is 11.3 Å². The van der Waals surface area contributed by atoms with E-state index in [0.29, 0.717) is 30.0 Å². The first-order chi connectivity index (χ1) is 8.99. The number of alkyl halides is 3. The van der Waals surface area contributed by atoms with Crippen LogP contribution in [0.15, 0.2) is 10.4 Å². The molecule has 8 heteroatoms. The van der Waals surface area contributed by atoms with Crippen LogP contribution in [0.5, 0.6) is 0 Å². The highest BCUT2D eigenvalue weighted by Gasteiger charge is 2.33. The molecule has 1 fully saturated rings. The Morgan fingerprint density at radius 2 is 2.26 bits per heavy atom. The van der Waals surface area contributed by atoms with Gasteiger partial charge in [-0.1, -0.05) is 0 Å². The lowest BCUT2D eigenvalue weighted by atomic mass is 10.4. The molecule has 0 unspecified atom stereocenters. The van der Waals surface area contributed by atoms with E-state index >= 15 is 0 Å². The highest BCUT2D eigenvalue weighted by atomic mass is 32.1. The van der Waals surface area contributed by atoms with Crippen molar-refractivity contribution in [3.63, 3.8) is 0 Å². The second-order valence-corrected chi connectivity index (χ2v) is 5.23. The average molecular weight is 292 g/mol. The van der Waals surface area contributed by atoms with E-state index in [2.05, 4.69) is 20.6 Å². The minimum Gasteiger partial charge on any atom is -0.356 e. The van der Waals surface area contributed by atoms with Gasteiger partial charge in [-0.2, -0.15) is 13.2 Å². The van der Waals surface area contributed by atoms with E-state index in [4.69, 9.17) is 0 Å². The van der Waals surface area contributed by atoms with Gasteiger partial charge in [-0.15, -0.1) is 11.3 Å². The van der Waals surface area contributed by atoms with Gasteiger partial charge in [0.25, 0.3) is 0 Å². The van der Waals surface area contributed by atoms with Crippen LogP contribution in [-0.2, 0) is 12.6 Å². The quantitative estimate of drug-likeness (QED) is 0.659. The molecule has 1 aromatic rings. The fraction of sp³-hybridized carbons (Fsp3) is 0.636. The summed E-state index contributed by atoms with van der Waals surface area (Å²) in [5.41, 5.74) is -0.812. The molecule has 0 atom stereocenters. The zero-order chi connectivity index (χ0) is 13.9. The first-order valence-corrected chi connectivity index (χ1v) is 6.86. The van der Waals surface area contributed by atoms with E-state index in [9.17, 15) is 13.2 Å². The lowest BCUT2D eigenvalue weighted by molar-refractivity contribution is -0.140. The molecule has 4 nitrogen and oxygen atoms in total. The molecule has 1 aromatic heterocycles. The highest BCUT2D eigenvalue weighted by Crippen LogP contribution is 2.29. The third-order valence-corrected chi connectivity index (χ3v) is 3.52. The normalized spacial score (nSPS) is 16.5. The Labute approximate surface area is 113 Å². The standard InChI is InChI=1S/C11H15F3N4S/c1-15-10(17-7-2-3-7)16-5-4-9-18-8(6-19-9)11(12,13)14/h6-7H,2-5H2,1H3,(H2,15,16,17). The maximum absolute atomic E-state index is 12.4. The Hall–Kier alpha value is -1.31. The van der Waals surface area contributed by atoms with E-state index in [1.54, 1.807) is 7.05 Å². The van der Waals surface area contributed by atoms with Gasteiger partial charge in [0.2, 0.25) is 0 Å². The van der Waals surface area contributed by atoms with Crippen LogP contribution in [0.25, 0.3) is 0 Å². The molecule has 0 spiro atoms. The van der Waals surface area contributed by atoms with Gasteiger partial charge >= 0.3 is 6.18 Å². The summed E-state index contributed by atoms with van der Waals surface area (Å²) < 4.78 is 37.1. The molecule has 0 radical (unpaired) electrons. The van der Waals surface area contributed by atoms with Crippen molar-refractivity contribution in [3.05, 3.63) is 16.1 Å². The molecular formula is C11H15F3N4S. The monoisotopic (exact) mass is 292 g/mol. The van der Waals surface area contributed by atoms with Crippen LogP contribution in [0.4, 0.5) is 13.2 Å². The molecule has 0 amide bonds. The van der Waals surface area contributed by atoms with Crippen molar-refractivity contribution in [2.75, 3.05) is 13.6 Å². The molecule has 2 N–H and O–H groups in total. The van der Waals surface area contributed by atoms with Crippen molar-refractivity contribution < 1.29 is 13.2 Å². The zero-order valence-electron chi connectivity index (χ0n) is 10.4. The van der Waals surface area contributed by atoms with E-state index < -0.39 is 11.9 Å². The summed E-state index contributed by atoms with van der Waals surface area (Å²) in [5, 5.41) is 7.78. The predicted molar refractivity (Wildman–Crippen MR) is 68.3 cm³/mol. The predicted octanol–water partition coefficient (Wildman–Crippen LogP) is 2.03. The number of nitrogens with zero attached hydrogens (tertiary/aromatic N) is 2. The van der Waals surface area contributed by atoms with Gasteiger partial charge in [0.1, 0.15) is 0 Å². The number of thiazole rings is 1. The number of rotatable bonds is 4.